The number of piperazine rings is 1. The maximum atomic E-state index is 17.6. The van der Waals surface area contributed by atoms with Crippen molar-refractivity contribution in [2.45, 2.75) is 140 Å². The Morgan fingerprint density at radius 2 is 1.64 bits per heavy atom. The minimum absolute atomic E-state index is 0.0997. The van der Waals surface area contributed by atoms with E-state index in [1.165, 1.54) is 12.1 Å². The van der Waals surface area contributed by atoms with Gasteiger partial charge in [-0.1, -0.05) is 71.7 Å². The van der Waals surface area contributed by atoms with Gasteiger partial charge < -0.3 is 14.4 Å². The zero-order valence-electron chi connectivity index (χ0n) is 37.0. The van der Waals surface area contributed by atoms with Crippen LogP contribution in [0.3, 0.4) is 0 Å². The molecule has 0 radical (unpaired) electrons. The third kappa shape index (κ3) is 7.64. The van der Waals surface area contributed by atoms with Gasteiger partial charge in [0.2, 0.25) is 0 Å². The van der Waals surface area contributed by atoms with Crippen LogP contribution in [0.4, 0.5) is 28.2 Å². The molecule has 61 heavy (non-hydrogen) atoms. The van der Waals surface area contributed by atoms with E-state index in [0.29, 0.717) is 36.8 Å². The summed E-state index contributed by atoms with van der Waals surface area (Å²) < 4.78 is 77.7. The SMILES string of the molecule is CC(C)[Si](C#Cc1c(F)ccc2cccc(-c3c(F)cc4c(N5CC6CCC(C5)N6C(=O)OC(C)(C)C)nc(OC[C@@]56CCCN5C[C@H](F)C6)nc4c3F)c12)(C(C)C)C(C)C. The van der Waals surface area contributed by atoms with Crippen molar-refractivity contribution in [1.29, 1.82) is 0 Å². The lowest BCUT2D eigenvalue weighted by molar-refractivity contribution is 0.0122. The van der Waals surface area contributed by atoms with E-state index >= 15 is 13.2 Å². The number of fused-ring (bicyclic) bond motifs is 5. The van der Waals surface area contributed by atoms with Crippen LogP contribution in [0.2, 0.25) is 16.6 Å². The molecule has 4 aliphatic heterocycles. The fourth-order valence-electron chi connectivity index (χ4n) is 11.3. The number of hydrogen-bond donors (Lipinski definition) is 0. The topological polar surface area (TPSA) is 71.0 Å². The number of carbonyl (C=O) groups excluding carboxylic acids is 1. The molecule has 4 fully saturated rings. The van der Waals surface area contributed by atoms with Crippen molar-refractivity contribution in [3.8, 4) is 28.6 Å². The molecule has 1 aromatic heterocycles. The second kappa shape index (κ2) is 16.0. The molecular formula is C48H59F4N5O3Si. The van der Waals surface area contributed by atoms with Gasteiger partial charge in [0.15, 0.2) is 5.82 Å². The van der Waals surface area contributed by atoms with Gasteiger partial charge in [-0.3, -0.25) is 9.80 Å². The molecule has 8 rings (SSSR count). The Morgan fingerprint density at radius 3 is 2.30 bits per heavy atom. The summed E-state index contributed by atoms with van der Waals surface area (Å²) in [6, 6.07) is 8.82. The van der Waals surface area contributed by atoms with Crippen LogP contribution in [0.5, 0.6) is 6.01 Å². The monoisotopic (exact) mass is 857 g/mol. The maximum Gasteiger partial charge on any atom is 0.410 e. The number of anilines is 1. The minimum Gasteiger partial charge on any atom is -0.461 e. The number of halogens is 4. The van der Waals surface area contributed by atoms with Crippen LogP contribution in [-0.4, -0.2) is 96.1 Å². The van der Waals surface area contributed by atoms with E-state index in [-0.39, 0.29) is 80.8 Å². The lowest BCUT2D eigenvalue weighted by atomic mass is 9.93. The van der Waals surface area contributed by atoms with Crippen molar-refractivity contribution in [3.05, 3.63) is 59.4 Å². The molecule has 326 valence electrons. The minimum atomic E-state index is -2.33. The highest BCUT2D eigenvalue weighted by Gasteiger charge is 2.50. The fraction of sp³-hybridized carbons (Fsp3) is 0.562. The van der Waals surface area contributed by atoms with Gasteiger partial charge in [0, 0.05) is 36.8 Å². The Bertz CT molecular complexity index is 2390. The summed E-state index contributed by atoms with van der Waals surface area (Å²) in [5, 5.41) is 1.07. The normalized spacial score (nSPS) is 23.1. The third-order valence-electron chi connectivity index (χ3n) is 14.0. The van der Waals surface area contributed by atoms with Crippen LogP contribution in [-0.2, 0) is 4.74 Å². The second-order valence-electron chi connectivity index (χ2n) is 19.8. The van der Waals surface area contributed by atoms with Crippen molar-refractivity contribution >= 4 is 41.7 Å². The van der Waals surface area contributed by atoms with Gasteiger partial charge in [0.1, 0.15) is 49.4 Å². The molecule has 0 spiro atoms. The largest absolute Gasteiger partial charge is 0.461 e. The Morgan fingerprint density at radius 1 is 0.951 bits per heavy atom. The van der Waals surface area contributed by atoms with Gasteiger partial charge in [-0.15, -0.1) is 5.54 Å². The van der Waals surface area contributed by atoms with E-state index in [9.17, 15) is 9.18 Å². The predicted molar refractivity (Wildman–Crippen MR) is 236 cm³/mol. The first-order chi connectivity index (χ1) is 28.8. The van der Waals surface area contributed by atoms with E-state index in [2.05, 4.69) is 62.9 Å². The van der Waals surface area contributed by atoms with Crippen molar-refractivity contribution in [3.63, 3.8) is 0 Å². The predicted octanol–water partition coefficient (Wildman–Crippen LogP) is 11.0. The molecule has 3 aromatic carbocycles. The lowest BCUT2D eigenvalue weighted by Crippen LogP contribution is -2.57. The number of nitrogens with zero attached hydrogens (tertiary/aromatic N) is 5. The van der Waals surface area contributed by atoms with E-state index in [1.54, 1.807) is 29.2 Å². The van der Waals surface area contributed by atoms with E-state index < -0.39 is 42.8 Å². The Kier molecular flexibility index (Phi) is 11.4. The van der Waals surface area contributed by atoms with Crippen LogP contribution in [0, 0.1) is 28.9 Å². The number of hydrogen-bond acceptors (Lipinski definition) is 7. The molecule has 13 heteroatoms. The van der Waals surface area contributed by atoms with Gasteiger partial charge in [0.25, 0.3) is 0 Å². The molecule has 5 heterocycles. The number of benzene rings is 3. The smallest absolute Gasteiger partial charge is 0.410 e. The number of amides is 1. The Hall–Kier alpha value is -4.41. The summed E-state index contributed by atoms with van der Waals surface area (Å²) in [6.45, 7) is 20.5. The zero-order valence-corrected chi connectivity index (χ0v) is 38.0. The molecule has 8 nitrogen and oxygen atoms in total. The molecule has 0 N–H and O–H groups in total. The number of aromatic nitrogens is 2. The van der Waals surface area contributed by atoms with Crippen LogP contribution < -0.4 is 9.64 Å². The summed E-state index contributed by atoms with van der Waals surface area (Å²) >= 11 is 0. The lowest BCUT2D eigenvalue weighted by Gasteiger charge is -2.42. The van der Waals surface area contributed by atoms with Crippen molar-refractivity contribution in [2.24, 2.45) is 0 Å². The van der Waals surface area contributed by atoms with Gasteiger partial charge in [0.05, 0.1) is 28.7 Å². The molecule has 4 aliphatic rings. The van der Waals surface area contributed by atoms with E-state index in [1.807, 2.05) is 25.7 Å². The first kappa shape index (κ1) is 43.2. The van der Waals surface area contributed by atoms with Crippen molar-refractivity contribution in [1.82, 2.24) is 19.8 Å². The Balaban J connectivity index is 1.27. The summed E-state index contributed by atoms with van der Waals surface area (Å²) in [5.41, 5.74) is 3.06. The third-order valence-corrected chi connectivity index (χ3v) is 20.3. The van der Waals surface area contributed by atoms with Crippen LogP contribution >= 0.6 is 0 Å². The first-order valence-electron chi connectivity index (χ1n) is 22.1. The summed E-state index contributed by atoms with van der Waals surface area (Å²) in [5.74, 6) is 1.20. The highest BCUT2D eigenvalue weighted by atomic mass is 28.3. The van der Waals surface area contributed by atoms with Gasteiger partial charge >= 0.3 is 12.1 Å². The van der Waals surface area contributed by atoms with E-state index in [4.69, 9.17) is 14.5 Å². The van der Waals surface area contributed by atoms with Crippen molar-refractivity contribution in [2.75, 3.05) is 37.7 Å². The second-order valence-corrected chi connectivity index (χ2v) is 25.4. The number of alkyl halides is 1. The molecule has 0 saturated carbocycles. The molecule has 0 aliphatic carbocycles. The standard InChI is InChI=1S/C48H59F4N5O3Si/c1-28(2)61(29(3)4,30(5)6)21-18-35-38(50)17-14-31-12-10-13-36(40(31)35)41-39(51)22-37-43(42(41)52)53-45(59-27-48-19-11-20-56(48)24-32(49)23-48)54-44(37)55-25-33-15-16-34(26-55)57(33)46(58)60-47(7,8)9/h10,12-14,17,22,28-30,32-34H,11,15-16,19-20,23-27H2,1-9H3/t32-,33?,34?,48+/m1/s1. The highest BCUT2D eigenvalue weighted by molar-refractivity contribution is 6.90. The summed E-state index contributed by atoms with van der Waals surface area (Å²) in [7, 11) is -2.33. The average Bonchev–Trinajstić information content (AvgIpc) is 3.80. The summed E-state index contributed by atoms with van der Waals surface area (Å²) in [4.78, 5) is 28.7. The highest BCUT2D eigenvalue weighted by Crippen LogP contribution is 2.45. The van der Waals surface area contributed by atoms with Gasteiger partial charge in [-0.25, -0.2) is 22.4 Å². The van der Waals surface area contributed by atoms with Crippen LogP contribution in [0.1, 0.15) is 100.0 Å². The van der Waals surface area contributed by atoms with Gasteiger partial charge in [-0.05, 0) is 92.7 Å². The van der Waals surface area contributed by atoms with Crippen LogP contribution in [0.25, 0.3) is 32.8 Å². The van der Waals surface area contributed by atoms with E-state index in [0.717, 1.165) is 32.2 Å². The molecule has 4 atom stereocenters. The molecular weight excluding hydrogens is 799 g/mol. The average molecular weight is 858 g/mol. The number of ether oxygens (including phenoxy) is 2. The zero-order chi connectivity index (χ0) is 43.8. The maximum absolute atomic E-state index is 17.6. The molecule has 4 saturated heterocycles. The Labute approximate surface area is 358 Å². The van der Waals surface area contributed by atoms with Gasteiger partial charge in [-0.2, -0.15) is 9.97 Å². The molecule has 2 bridgehead atoms. The fourth-order valence-corrected chi connectivity index (χ4v) is 16.5. The quantitative estimate of drug-likeness (QED) is 0.0993. The number of rotatable bonds is 8. The first-order valence-corrected chi connectivity index (χ1v) is 24.3. The van der Waals surface area contributed by atoms with Crippen molar-refractivity contribution < 1.29 is 31.8 Å². The number of carbonyl (C=O) groups is 1. The summed E-state index contributed by atoms with van der Waals surface area (Å²) in [6.07, 6.45) is 2.10. The molecule has 1 amide bonds. The van der Waals surface area contributed by atoms with Crippen LogP contribution in [0.15, 0.2) is 36.4 Å². The molecule has 2 unspecified atom stereocenters. The molecule has 4 aromatic rings.